The van der Waals surface area contributed by atoms with Gasteiger partial charge in [0.1, 0.15) is 0 Å². The van der Waals surface area contributed by atoms with Crippen LogP contribution in [-0.2, 0) is 14.6 Å². The summed E-state index contributed by atoms with van der Waals surface area (Å²) in [4.78, 5) is 10.4. The van der Waals surface area contributed by atoms with Crippen LogP contribution >= 0.6 is 23.2 Å². The van der Waals surface area contributed by atoms with Gasteiger partial charge in [0.25, 0.3) is 0 Å². The Labute approximate surface area is 97.9 Å². The van der Waals surface area contributed by atoms with Crippen LogP contribution in [0.1, 0.15) is 0 Å². The molecule has 0 saturated carbocycles. The van der Waals surface area contributed by atoms with Crippen molar-refractivity contribution in [3.8, 4) is 0 Å². The summed E-state index contributed by atoms with van der Waals surface area (Å²) in [6.45, 7) is 0. The third-order valence-corrected chi connectivity index (χ3v) is 4.16. The summed E-state index contributed by atoms with van der Waals surface area (Å²) in [5.41, 5.74) is 0. The Kier molecular flexibility index (Phi) is 3.76. The topological polar surface area (TPSA) is 51.2 Å². The lowest BCUT2D eigenvalue weighted by Gasteiger charge is -2.10. The van der Waals surface area contributed by atoms with Gasteiger partial charge in [-0.05, 0) is 12.1 Å². The van der Waals surface area contributed by atoms with Crippen molar-refractivity contribution in [3.63, 3.8) is 0 Å². The molecule has 81 valence electrons. The SMILES string of the molecule is O=[C]C(Cl)(Cl)CS(=O)(=O)c1ccccc1. The number of hydrogen-bond donors (Lipinski definition) is 0. The Bertz CT molecular complexity index is 440. The predicted molar refractivity (Wildman–Crippen MR) is 58.6 cm³/mol. The second-order valence-corrected chi connectivity index (χ2v) is 6.35. The van der Waals surface area contributed by atoms with Crippen molar-refractivity contribution in [3.05, 3.63) is 30.3 Å². The fourth-order valence-electron chi connectivity index (χ4n) is 0.979. The maximum atomic E-state index is 11.7. The summed E-state index contributed by atoms with van der Waals surface area (Å²) in [6, 6.07) is 7.64. The largest absolute Gasteiger partial charge is 0.287 e. The van der Waals surface area contributed by atoms with Crippen LogP contribution in [0.25, 0.3) is 0 Å². The molecule has 0 unspecified atom stereocenters. The first kappa shape index (κ1) is 12.5. The first-order valence-corrected chi connectivity index (χ1v) is 6.33. The van der Waals surface area contributed by atoms with Crippen LogP contribution in [-0.4, -0.2) is 24.8 Å². The first-order valence-electron chi connectivity index (χ1n) is 3.92. The van der Waals surface area contributed by atoms with Gasteiger partial charge in [-0.15, -0.1) is 0 Å². The van der Waals surface area contributed by atoms with Gasteiger partial charge in [-0.3, -0.25) is 4.79 Å². The van der Waals surface area contributed by atoms with Gasteiger partial charge in [0.2, 0.25) is 6.29 Å². The maximum Gasteiger partial charge on any atom is 0.238 e. The predicted octanol–water partition coefficient (Wildman–Crippen LogP) is 1.74. The van der Waals surface area contributed by atoms with E-state index in [1.165, 1.54) is 18.4 Å². The number of hydrogen-bond acceptors (Lipinski definition) is 3. The molecule has 0 N–H and O–H groups in total. The molecule has 0 aromatic heterocycles. The van der Waals surface area contributed by atoms with Crippen molar-refractivity contribution in [2.24, 2.45) is 0 Å². The molecular formula is C9H7Cl2O3S. The smallest absolute Gasteiger partial charge is 0.238 e. The first-order chi connectivity index (χ1) is 6.87. The third kappa shape index (κ3) is 3.48. The van der Waals surface area contributed by atoms with Crippen molar-refractivity contribution in [1.29, 1.82) is 0 Å². The maximum absolute atomic E-state index is 11.7. The number of carbonyl (C=O) groups excluding carboxylic acids is 1. The van der Waals surface area contributed by atoms with Crippen LogP contribution in [0.3, 0.4) is 0 Å². The van der Waals surface area contributed by atoms with Gasteiger partial charge in [-0.1, -0.05) is 41.4 Å². The normalized spacial score (nSPS) is 12.4. The number of halogens is 2. The number of alkyl halides is 2. The van der Waals surface area contributed by atoms with Crippen LogP contribution in [0.5, 0.6) is 0 Å². The highest BCUT2D eigenvalue weighted by Gasteiger charge is 2.32. The second-order valence-electron chi connectivity index (χ2n) is 2.88. The third-order valence-electron chi connectivity index (χ3n) is 1.62. The van der Waals surface area contributed by atoms with Crippen molar-refractivity contribution in [2.75, 3.05) is 5.75 Å². The van der Waals surface area contributed by atoms with Gasteiger partial charge in [0, 0.05) is 0 Å². The Balaban J connectivity index is 3.01. The van der Waals surface area contributed by atoms with Crippen molar-refractivity contribution in [2.45, 2.75) is 9.23 Å². The van der Waals surface area contributed by atoms with Gasteiger partial charge in [-0.25, -0.2) is 8.42 Å². The van der Waals surface area contributed by atoms with Gasteiger partial charge in [0.05, 0.1) is 10.6 Å². The molecule has 0 spiro atoms. The molecule has 0 saturated heterocycles. The van der Waals surface area contributed by atoms with Crippen LogP contribution in [0, 0.1) is 0 Å². The molecule has 0 atom stereocenters. The van der Waals surface area contributed by atoms with Gasteiger partial charge in [-0.2, -0.15) is 0 Å². The molecule has 0 aliphatic rings. The molecule has 3 nitrogen and oxygen atoms in total. The standard InChI is InChI=1S/C9H7Cl2O3S/c10-9(11,6-12)7-15(13,14)8-4-2-1-3-5-8/h1-5H,7H2. The number of benzene rings is 1. The molecule has 0 heterocycles. The minimum absolute atomic E-state index is 0.0749. The minimum atomic E-state index is -3.66. The summed E-state index contributed by atoms with van der Waals surface area (Å²) in [5, 5.41) is 0. The van der Waals surface area contributed by atoms with Gasteiger partial charge < -0.3 is 0 Å². The molecule has 1 rings (SSSR count). The van der Waals surface area contributed by atoms with E-state index in [1.807, 2.05) is 0 Å². The van der Waals surface area contributed by atoms with E-state index in [2.05, 4.69) is 0 Å². The number of rotatable bonds is 4. The lowest BCUT2D eigenvalue weighted by Crippen LogP contribution is -2.27. The van der Waals surface area contributed by atoms with E-state index >= 15 is 0 Å². The highest BCUT2D eigenvalue weighted by Crippen LogP contribution is 2.23. The van der Waals surface area contributed by atoms with Gasteiger partial charge in [0.15, 0.2) is 14.2 Å². The minimum Gasteiger partial charge on any atom is -0.287 e. The van der Waals surface area contributed by atoms with Crippen LogP contribution < -0.4 is 0 Å². The summed E-state index contributed by atoms with van der Waals surface area (Å²) < 4.78 is 21.3. The molecule has 1 aromatic carbocycles. The lowest BCUT2D eigenvalue weighted by atomic mass is 10.4. The second kappa shape index (κ2) is 4.51. The Hall–Kier alpha value is -0.580. The van der Waals surface area contributed by atoms with E-state index in [9.17, 15) is 13.2 Å². The van der Waals surface area contributed by atoms with Crippen LogP contribution in [0.2, 0.25) is 0 Å². The fraction of sp³-hybridized carbons (Fsp3) is 0.222. The van der Waals surface area contributed by atoms with Crippen molar-refractivity contribution >= 4 is 39.3 Å². The summed E-state index contributed by atoms with van der Waals surface area (Å²) in [6.07, 6.45) is 1.27. The lowest BCUT2D eigenvalue weighted by molar-refractivity contribution is 0.548. The quantitative estimate of drug-likeness (QED) is 0.780. The highest BCUT2D eigenvalue weighted by molar-refractivity contribution is 7.91. The molecule has 0 bridgehead atoms. The monoisotopic (exact) mass is 265 g/mol. The molecule has 0 aliphatic carbocycles. The van der Waals surface area contributed by atoms with E-state index in [0.717, 1.165) is 0 Å². The molecule has 0 amide bonds. The van der Waals surface area contributed by atoms with E-state index in [0.29, 0.717) is 0 Å². The van der Waals surface area contributed by atoms with Crippen LogP contribution in [0.15, 0.2) is 35.2 Å². The zero-order valence-corrected chi connectivity index (χ0v) is 9.81. The average molecular weight is 266 g/mol. The molecule has 0 aliphatic heterocycles. The summed E-state index contributed by atoms with van der Waals surface area (Å²) in [5.74, 6) is -0.684. The molecular weight excluding hydrogens is 259 g/mol. The Morgan fingerprint density at radius 3 is 2.20 bits per heavy atom. The van der Waals surface area contributed by atoms with Crippen molar-refractivity contribution < 1.29 is 13.2 Å². The van der Waals surface area contributed by atoms with E-state index in [1.54, 1.807) is 18.2 Å². The van der Waals surface area contributed by atoms with E-state index in [-0.39, 0.29) is 4.90 Å². The zero-order chi connectivity index (χ0) is 11.5. The van der Waals surface area contributed by atoms with E-state index in [4.69, 9.17) is 23.2 Å². The highest BCUT2D eigenvalue weighted by atomic mass is 35.5. The fourth-order valence-corrected chi connectivity index (χ4v) is 3.12. The Morgan fingerprint density at radius 2 is 1.73 bits per heavy atom. The molecule has 1 aromatic rings. The summed E-state index contributed by atoms with van der Waals surface area (Å²) in [7, 11) is -3.66. The van der Waals surface area contributed by atoms with Crippen molar-refractivity contribution in [1.82, 2.24) is 0 Å². The molecule has 1 radical (unpaired) electrons. The molecule has 15 heavy (non-hydrogen) atoms. The summed E-state index contributed by atoms with van der Waals surface area (Å²) >= 11 is 10.8. The molecule has 0 fully saturated rings. The number of sulfone groups is 1. The van der Waals surface area contributed by atoms with Gasteiger partial charge >= 0.3 is 0 Å². The van der Waals surface area contributed by atoms with E-state index < -0.39 is 19.9 Å². The average Bonchev–Trinajstić information content (AvgIpc) is 2.18. The van der Waals surface area contributed by atoms with Crippen LogP contribution in [0.4, 0.5) is 0 Å². The zero-order valence-electron chi connectivity index (χ0n) is 7.48. The Morgan fingerprint density at radius 1 is 1.20 bits per heavy atom. The molecule has 6 heteroatoms.